The molecule has 0 heterocycles. The molecule has 21 heavy (non-hydrogen) atoms. The molecule has 2 aliphatic rings. The van der Waals surface area contributed by atoms with Crippen molar-refractivity contribution in [2.45, 2.75) is 59.6 Å². The van der Waals surface area contributed by atoms with Crippen LogP contribution >= 0.6 is 0 Å². The zero-order valence-electron chi connectivity index (χ0n) is 14.4. The minimum absolute atomic E-state index is 0.317. The highest BCUT2D eigenvalue weighted by molar-refractivity contribution is 5.17. The highest BCUT2D eigenvalue weighted by atomic mass is 16.5. The van der Waals surface area contributed by atoms with Crippen molar-refractivity contribution in [1.82, 2.24) is 5.32 Å². The molecule has 0 amide bonds. The van der Waals surface area contributed by atoms with E-state index in [9.17, 15) is 5.11 Å². The van der Waals surface area contributed by atoms with E-state index in [1.54, 1.807) is 0 Å². The van der Waals surface area contributed by atoms with E-state index in [4.69, 9.17) is 4.74 Å². The Morgan fingerprint density at radius 2 is 1.81 bits per heavy atom. The maximum atomic E-state index is 10.1. The third kappa shape index (κ3) is 3.69. The Morgan fingerprint density at radius 1 is 1.19 bits per heavy atom. The third-order valence-corrected chi connectivity index (χ3v) is 6.14. The van der Waals surface area contributed by atoms with Gasteiger partial charge in [-0.3, -0.25) is 0 Å². The molecule has 0 radical (unpaired) electrons. The van der Waals surface area contributed by atoms with Gasteiger partial charge in [0.05, 0.1) is 19.3 Å². The van der Waals surface area contributed by atoms with Gasteiger partial charge in [-0.15, -0.1) is 0 Å². The van der Waals surface area contributed by atoms with Crippen molar-refractivity contribution in [3.05, 3.63) is 12.2 Å². The molecule has 0 aromatic carbocycles. The fraction of sp³-hybridized carbons (Fsp3) is 0.889. The molecular weight excluding hydrogens is 262 g/mol. The second kappa shape index (κ2) is 6.39. The molecule has 0 aliphatic heterocycles. The molecule has 2 aliphatic carbocycles. The summed E-state index contributed by atoms with van der Waals surface area (Å²) in [6.07, 6.45) is 6.37. The molecule has 0 aromatic rings. The topological polar surface area (TPSA) is 41.5 Å². The van der Waals surface area contributed by atoms with Crippen LogP contribution in [0.2, 0.25) is 0 Å². The predicted molar refractivity (Wildman–Crippen MR) is 87.2 cm³/mol. The summed E-state index contributed by atoms with van der Waals surface area (Å²) in [7, 11) is 0. The first kappa shape index (κ1) is 17.0. The summed E-state index contributed by atoms with van der Waals surface area (Å²) in [5.74, 6) is 1.30. The van der Waals surface area contributed by atoms with Crippen molar-refractivity contribution >= 4 is 0 Å². The van der Waals surface area contributed by atoms with E-state index in [2.05, 4.69) is 52.1 Å². The van der Waals surface area contributed by atoms with Crippen molar-refractivity contribution in [3.8, 4) is 0 Å². The molecule has 1 fully saturated rings. The highest BCUT2D eigenvalue weighted by Gasteiger charge is 2.64. The standard InChI is InChI=1S/C18H33NO2/c1-13-8-6-7-9-14(13)11-21-12-15(20)10-19-16-17(2,3)18(16,4)5/h6-7,13-16,19-20H,8-12H2,1-5H3. The van der Waals surface area contributed by atoms with Crippen LogP contribution < -0.4 is 5.32 Å². The van der Waals surface area contributed by atoms with Crippen molar-refractivity contribution in [3.63, 3.8) is 0 Å². The second-order valence-electron chi connectivity index (χ2n) is 8.16. The number of nitrogens with one attached hydrogen (secondary N) is 1. The lowest BCUT2D eigenvalue weighted by atomic mass is 9.85. The fourth-order valence-corrected chi connectivity index (χ4v) is 3.61. The van der Waals surface area contributed by atoms with Gasteiger partial charge in [-0.2, -0.15) is 0 Å². The number of ether oxygens (including phenoxy) is 1. The molecule has 0 saturated heterocycles. The van der Waals surface area contributed by atoms with Gasteiger partial charge in [0.25, 0.3) is 0 Å². The lowest BCUT2D eigenvalue weighted by Crippen LogP contribution is -2.34. The number of aliphatic hydroxyl groups is 1. The van der Waals surface area contributed by atoms with E-state index in [1.165, 1.54) is 0 Å². The molecule has 0 aromatic heterocycles. The quantitative estimate of drug-likeness (QED) is 0.710. The Kier molecular flexibility index (Phi) is 5.17. The maximum absolute atomic E-state index is 10.1. The first-order chi connectivity index (χ1) is 9.76. The van der Waals surface area contributed by atoms with Crippen LogP contribution in [-0.2, 0) is 4.74 Å². The summed E-state index contributed by atoms with van der Waals surface area (Å²) in [5, 5.41) is 13.6. The summed E-state index contributed by atoms with van der Waals surface area (Å²) < 4.78 is 5.74. The van der Waals surface area contributed by atoms with Crippen LogP contribution in [0.5, 0.6) is 0 Å². The van der Waals surface area contributed by atoms with Gasteiger partial charge in [-0.05, 0) is 35.5 Å². The van der Waals surface area contributed by atoms with Crippen LogP contribution in [0.25, 0.3) is 0 Å². The van der Waals surface area contributed by atoms with Crippen LogP contribution in [0.1, 0.15) is 47.5 Å². The van der Waals surface area contributed by atoms with Gasteiger partial charge in [0.1, 0.15) is 0 Å². The first-order valence-corrected chi connectivity index (χ1v) is 8.41. The normalized spacial score (nSPS) is 32.1. The zero-order chi connectivity index (χ0) is 15.7. The molecule has 2 rings (SSSR count). The van der Waals surface area contributed by atoms with Gasteiger partial charge < -0.3 is 15.2 Å². The molecule has 3 unspecified atom stereocenters. The minimum atomic E-state index is -0.411. The molecular formula is C18H33NO2. The molecule has 1 saturated carbocycles. The van der Waals surface area contributed by atoms with Crippen LogP contribution in [0.15, 0.2) is 12.2 Å². The largest absolute Gasteiger partial charge is 0.389 e. The van der Waals surface area contributed by atoms with E-state index < -0.39 is 6.10 Å². The maximum Gasteiger partial charge on any atom is 0.0897 e. The van der Waals surface area contributed by atoms with Crippen molar-refractivity contribution in [2.75, 3.05) is 19.8 Å². The average Bonchev–Trinajstić information content (AvgIpc) is 2.79. The van der Waals surface area contributed by atoms with Crippen LogP contribution in [0.4, 0.5) is 0 Å². The molecule has 0 bridgehead atoms. The van der Waals surface area contributed by atoms with Gasteiger partial charge in [-0.25, -0.2) is 0 Å². The first-order valence-electron chi connectivity index (χ1n) is 8.41. The Morgan fingerprint density at radius 3 is 2.38 bits per heavy atom. The number of hydrogen-bond acceptors (Lipinski definition) is 3. The SMILES string of the molecule is CC1CC=CCC1COCC(O)CNC1C(C)(C)C1(C)C. The van der Waals surface area contributed by atoms with Gasteiger partial charge in [0.15, 0.2) is 0 Å². The summed E-state index contributed by atoms with van der Waals surface area (Å²) in [6.45, 7) is 13.2. The van der Waals surface area contributed by atoms with E-state index in [0.29, 0.717) is 41.9 Å². The molecule has 3 heteroatoms. The Balaban J connectivity index is 1.60. The van der Waals surface area contributed by atoms with E-state index in [1.807, 2.05) is 0 Å². The van der Waals surface area contributed by atoms with Crippen LogP contribution in [-0.4, -0.2) is 37.0 Å². The van der Waals surface area contributed by atoms with Crippen molar-refractivity contribution < 1.29 is 9.84 Å². The summed E-state index contributed by atoms with van der Waals surface area (Å²) in [4.78, 5) is 0. The van der Waals surface area contributed by atoms with Gasteiger partial charge in [-0.1, -0.05) is 46.8 Å². The molecule has 3 nitrogen and oxygen atoms in total. The zero-order valence-corrected chi connectivity index (χ0v) is 14.4. The summed E-state index contributed by atoms with van der Waals surface area (Å²) >= 11 is 0. The highest BCUT2D eigenvalue weighted by Crippen LogP contribution is 2.62. The monoisotopic (exact) mass is 295 g/mol. The molecule has 2 N–H and O–H groups in total. The van der Waals surface area contributed by atoms with Crippen molar-refractivity contribution in [2.24, 2.45) is 22.7 Å². The predicted octanol–water partition coefficient (Wildman–Crippen LogP) is 2.99. The molecule has 122 valence electrons. The summed E-state index contributed by atoms with van der Waals surface area (Å²) in [6, 6.07) is 0.489. The number of allylic oxidation sites excluding steroid dienone is 2. The lowest BCUT2D eigenvalue weighted by molar-refractivity contribution is 0.0123. The smallest absolute Gasteiger partial charge is 0.0897 e. The Hall–Kier alpha value is -0.380. The van der Waals surface area contributed by atoms with Gasteiger partial charge in [0, 0.05) is 12.6 Å². The van der Waals surface area contributed by atoms with E-state index >= 15 is 0 Å². The number of aliphatic hydroxyl groups excluding tert-OH is 1. The Bertz CT molecular complexity index is 361. The minimum Gasteiger partial charge on any atom is -0.389 e. The second-order valence-corrected chi connectivity index (χ2v) is 8.16. The number of hydrogen-bond donors (Lipinski definition) is 2. The fourth-order valence-electron chi connectivity index (χ4n) is 3.61. The van der Waals surface area contributed by atoms with Crippen LogP contribution in [0, 0.1) is 22.7 Å². The number of rotatable bonds is 7. The van der Waals surface area contributed by atoms with Crippen molar-refractivity contribution in [1.29, 1.82) is 0 Å². The molecule has 3 atom stereocenters. The van der Waals surface area contributed by atoms with Gasteiger partial charge >= 0.3 is 0 Å². The third-order valence-electron chi connectivity index (χ3n) is 6.14. The molecule has 0 spiro atoms. The van der Waals surface area contributed by atoms with Gasteiger partial charge in [0.2, 0.25) is 0 Å². The average molecular weight is 295 g/mol. The lowest BCUT2D eigenvalue weighted by Gasteiger charge is -2.25. The van der Waals surface area contributed by atoms with E-state index in [0.717, 1.165) is 19.4 Å². The summed E-state index contributed by atoms with van der Waals surface area (Å²) in [5.41, 5.74) is 0.634. The Labute approximate surface area is 130 Å². The van der Waals surface area contributed by atoms with Crippen LogP contribution in [0.3, 0.4) is 0 Å². The van der Waals surface area contributed by atoms with E-state index in [-0.39, 0.29) is 0 Å².